The SMILES string of the molecule is C[C@@H](N)C(=O)NC(c1ccccc1)c1ccco1. The zero-order chi connectivity index (χ0) is 13.0. The molecule has 0 radical (unpaired) electrons. The third kappa shape index (κ3) is 2.78. The molecule has 2 atom stereocenters. The Morgan fingerprint density at radius 3 is 2.50 bits per heavy atom. The number of carbonyl (C=O) groups excluding carboxylic acids is 1. The third-order valence-corrected chi connectivity index (χ3v) is 2.66. The molecule has 2 aromatic rings. The Bertz CT molecular complexity index is 492. The van der Waals surface area contributed by atoms with Gasteiger partial charge in [-0.1, -0.05) is 30.3 Å². The van der Waals surface area contributed by atoms with Gasteiger partial charge in [0.25, 0.3) is 0 Å². The molecule has 1 aromatic heterocycles. The Hall–Kier alpha value is -2.07. The number of hydrogen-bond donors (Lipinski definition) is 2. The zero-order valence-electron chi connectivity index (χ0n) is 10.2. The fourth-order valence-corrected chi connectivity index (χ4v) is 1.69. The van der Waals surface area contributed by atoms with E-state index in [4.69, 9.17) is 10.2 Å². The van der Waals surface area contributed by atoms with Gasteiger partial charge in [0, 0.05) is 0 Å². The Balaban J connectivity index is 2.27. The summed E-state index contributed by atoms with van der Waals surface area (Å²) >= 11 is 0. The van der Waals surface area contributed by atoms with E-state index in [1.54, 1.807) is 19.3 Å². The van der Waals surface area contributed by atoms with Gasteiger partial charge in [0.15, 0.2) is 0 Å². The van der Waals surface area contributed by atoms with Crippen molar-refractivity contribution >= 4 is 5.91 Å². The summed E-state index contributed by atoms with van der Waals surface area (Å²) in [6.07, 6.45) is 1.59. The molecule has 0 aliphatic carbocycles. The van der Waals surface area contributed by atoms with Crippen LogP contribution in [0.5, 0.6) is 0 Å². The van der Waals surface area contributed by atoms with Crippen molar-refractivity contribution < 1.29 is 9.21 Å². The van der Waals surface area contributed by atoms with Crippen LogP contribution >= 0.6 is 0 Å². The zero-order valence-corrected chi connectivity index (χ0v) is 10.2. The molecule has 0 aliphatic heterocycles. The molecule has 94 valence electrons. The fourth-order valence-electron chi connectivity index (χ4n) is 1.69. The van der Waals surface area contributed by atoms with Crippen molar-refractivity contribution in [1.29, 1.82) is 0 Å². The van der Waals surface area contributed by atoms with E-state index < -0.39 is 6.04 Å². The van der Waals surface area contributed by atoms with Crippen LogP contribution in [-0.4, -0.2) is 11.9 Å². The fraction of sp³-hybridized carbons (Fsp3) is 0.214. The van der Waals surface area contributed by atoms with Crippen LogP contribution in [-0.2, 0) is 4.79 Å². The van der Waals surface area contributed by atoms with Crippen molar-refractivity contribution in [2.45, 2.75) is 19.0 Å². The lowest BCUT2D eigenvalue weighted by molar-refractivity contribution is -0.122. The molecule has 0 saturated heterocycles. The Kier molecular flexibility index (Phi) is 3.79. The average Bonchev–Trinajstić information content (AvgIpc) is 2.90. The highest BCUT2D eigenvalue weighted by Crippen LogP contribution is 2.22. The summed E-state index contributed by atoms with van der Waals surface area (Å²) in [7, 11) is 0. The van der Waals surface area contributed by atoms with Crippen LogP contribution in [0.2, 0.25) is 0 Å². The van der Waals surface area contributed by atoms with Crippen molar-refractivity contribution in [2.75, 3.05) is 0 Å². The summed E-state index contributed by atoms with van der Waals surface area (Å²) in [6.45, 7) is 1.65. The van der Waals surface area contributed by atoms with Gasteiger partial charge in [-0.25, -0.2) is 0 Å². The first kappa shape index (κ1) is 12.4. The highest BCUT2D eigenvalue weighted by molar-refractivity contribution is 5.81. The third-order valence-electron chi connectivity index (χ3n) is 2.66. The smallest absolute Gasteiger partial charge is 0.237 e. The molecule has 4 nitrogen and oxygen atoms in total. The van der Waals surface area contributed by atoms with Crippen LogP contribution in [0.3, 0.4) is 0 Å². The minimum atomic E-state index is -0.550. The lowest BCUT2D eigenvalue weighted by atomic mass is 10.0. The predicted octanol–water partition coefficient (Wildman–Crippen LogP) is 1.83. The predicted molar refractivity (Wildman–Crippen MR) is 68.8 cm³/mol. The maximum Gasteiger partial charge on any atom is 0.237 e. The lowest BCUT2D eigenvalue weighted by Gasteiger charge is -2.18. The summed E-state index contributed by atoms with van der Waals surface area (Å²) in [5.41, 5.74) is 6.53. The van der Waals surface area contributed by atoms with Gasteiger partial charge < -0.3 is 15.5 Å². The van der Waals surface area contributed by atoms with Crippen LogP contribution in [0, 0.1) is 0 Å². The summed E-state index contributed by atoms with van der Waals surface area (Å²) in [6, 6.07) is 12.4. The highest BCUT2D eigenvalue weighted by Gasteiger charge is 2.20. The van der Waals surface area contributed by atoms with E-state index in [9.17, 15) is 4.79 Å². The van der Waals surface area contributed by atoms with Crippen molar-refractivity contribution in [3.63, 3.8) is 0 Å². The standard InChI is InChI=1S/C14H16N2O2/c1-10(15)14(17)16-13(12-8-5-9-18-12)11-6-3-2-4-7-11/h2-10,13H,15H2,1H3,(H,16,17)/t10-,13?/m1/s1. The molecular formula is C14H16N2O2. The van der Waals surface area contributed by atoms with E-state index in [2.05, 4.69) is 5.32 Å². The monoisotopic (exact) mass is 244 g/mol. The minimum absolute atomic E-state index is 0.208. The molecule has 0 bridgehead atoms. The molecule has 3 N–H and O–H groups in total. The molecule has 1 unspecified atom stereocenters. The molecule has 18 heavy (non-hydrogen) atoms. The second-order valence-corrected chi connectivity index (χ2v) is 4.16. The molecule has 1 heterocycles. The normalized spacial score (nSPS) is 13.9. The van der Waals surface area contributed by atoms with Gasteiger partial charge in [-0.05, 0) is 24.6 Å². The van der Waals surface area contributed by atoms with Crippen molar-refractivity contribution in [3.05, 3.63) is 60.1 Å². The highest BCUT2D eigenvalue weighted by atomic mass is 16.3. The topological polar surface area (TPSA) is 68.3 Å². The second-order valence-electron chi connectivity index (χ2n) is 4.16. The van der Waals surface area contributed by atoms with Crippen LogP contribution in [0.25, 0.3) is 0 Å². The van der Waals surface area contributed by atoms with Crippen LogP contribution < -0.4 is 11.1 Å². The minimum Gasteiger partial charge on any atom is -0.467 e. The molecule has 1 aromatic carbocycles. The second kappa shape index (κ2) is 5.51. The molecule has 1 amide bonds. The van der Waals surface area contributed by atoms with Gasteiger partial charge in [0.1, 0.15) is 11.8 Å². The van der Waals surface area contributed by atoms with Gasteiger partial charge in [-0.15, -0.1) is 0 Å². The Morgan fingerprint density at radius 2 is 1.94 bits per heavy atom. The molecule has 2 rings (SSSR count). The first-order chi connectivity index (χ1) is 8.68. The summed E-state index contributed by atoms with van der Waals surface area (Å²) in [5, 5.41) is 2.88. The van der Waals surface area contributed by atoms with E-state index in [1.807, 2.05) is 36.4 Å². The Labute approximate surface area is 106 Å². The van der Waals surface area contributed by atoms with Gasteiger partial charge in [0.2, 0.25) is 5.91 Å². The molecule has 0 aliphatic rings. The van der Waals surface area contributed by atoms with E-state index in [0.717, 1.165) is 5.56 Å². The Morgan fingerprint density at radius 1 is 1.22 bits per heavy atom. The van der Waals surface area contributed by atoms with Gasteiger partial charge in [-0.3, -0.25) is 4.79 Å². The van der Waals surface area contributed by atoms with Crippen molar-refractivity contribution in [2.24, 2.45) is 5.73 Å². The van der Waals surface area contributed by atoms with Gasteiger partial charge in [0.05, 0.1) is 12.3 Å². The molecule has 0 fully saturated rings. The van der Waals surface area contributed by atoms with E-state index >= 15 is 0 Å². The average molecular weight is 244 g/mol. The van der Waals surface area contributed by atoms with Gasteiger partial charge in [-0.2, -0.15) is 0 Å². The number of nitrogens with one attached hydrogen (secondary N) is 1. The molecule has 4 heteroatoms. The van der Waals surface area contributed by atoms with Crippen molar-refractivity contribution in [3.8, 4) is 0 Å². The first-order valence-electron chi connectivity index (χ1n) is 5.83. The molecule has 0 saturated carbocycles. The van der Waals surface area contributed by atoms with E-state index in [-0.39, 0.29) is 11.9 Å². The summed E-state index contributed by atoms with van der Waals surface area (Å²) < 4.78 is 5.38. The quantitative estimate of drug-likeness (QED) is 0.862. The molecular weight excluding hydrogens is 228 g/mol. The molecule has 0 spiro atoms. The summed E-state index contributed by atoms with van der Waals surface area (Å²) in [4.78, 5) is 11.7. The van der Waals surface area contributed by atoms with E-state index in [0.29, 0.717) is 5.76 Å². The van der Waals surface area contributed by atoms with Crippen LogP contribution in [0.15, 0.2) is 53.1 Å². The maximum atomic E-state index is 11.7. The number of rotatable bonds is 4. The number of nitrogens with two attached hydrogens (primary N) is 1. The summed E-state index contributed by atoms with van der Waals surface area (Å²) in [5.74, 6) is 0.482. The van der Waals surface area contributed by atoms with Crippen molar-refractivity contribution in [1.82, 2.24) is 5.32 Å². The van der Waals surface area contributed by atoms with Crippen LogP contribution in [0.4, 0.5) is 0 Å². The number of furan rings is 1. The number of benzene rings is 1. The van der Waals surface area contributed by atoms with Crippen LogP contribution in [0.1, 0.15) is 24.3 Å². The number of carbonyl (C=O) groups is 1. The first-order valence-corrected chi connectivity index (χ1v) is 5.83. The number of hydrogen-bond acceptors (Lipinski definition) is 3. The lowest BCUT2D eigenvalue weighted by Crippen LogP contribution is -2.40. The largest absolute Gasteiger partial charge is 0.467 e. The maximum absolute atomic E-state index is 11.7. The van der Waals surface area contributed by atoms with Gasteiger partial charge >= 0.3 is 0 Å². The number of amides is 1. The van der Waals surface area contributed by atoms with E-state index in [1.165, 1.54) is 0 Å².